The molecule has 0 N–H and O–H groups in total. The van der Waals surface area contributed by atoms with E-state index in [0.717, 1.165) is 11.3 Å². The highest BCUT2D eigenvalue weighted by Crippen LogP contribution is 2.30. The first kappa shape index (κ1) is 15.8. The second-order valence-electron chi connectivity index (χ2n) is 5.47. The molecule has 0 bridgehead atoms. The fourth-order valence-corrected chi connectivity index (χ4v) is 4.42. The van der Waals surface area contributed by atoms with Crippen molar-refractivity contribution in [2.45, 2.75) is 19.4 Å². The standard InChI is InChI=1S/C15H21NO4S/c1-11(13-6-4-5-7-14(13)20-3)16(2)15(17)12-8-9-21(18,19)10-12/h4-7,11-12H,8-10H2,1-3H3/t11-,12+/m0/s1. The summed E-state index contributed by atoms with van der Waals surface area (Å²) in [6.07, 6.45) is 0.421. The first-order valence-corrected chi connectivity index (χ1v) is 8.78. The summed E-state index contributed by atoms with van der Waals surface area (Å²) >= 11 is 0. The maximum Gasteiger partial charge on any atom is 0.226 e. The number of para-hydroxylation sites is 1. The molecular weight excluding hydrogens is 290 g/mol. The molecule has 0 aliphatic carbocycles. The average molecular weight is 311 g/mol. The van der Waals surface area contributed by atoms with Crippen LogP contribution in [0.1, 0.15) is 24.9 Å². The monoisotopic (exact) mass is 311 g/mol. The molecule has 0 unspecified atom stereocenters. The van der Waals surface area contributed by atoms with Gasteiger partial charge in [0, 0.05) is 12.6 Å². The normalized spacial score (nSPS) is 21.8. The maximum absolute atomic E-state index is 12.5. The lowest BCUT2D eigenvalue weighted by atomic mass is 10.0. The number of hydrogen-bond donors (Lipinski definition) is 0. The third-order valence-electron chi connectivity index (χ3n) is 4.10. The minimum atomic E-state index is -3.05. The van der Waals surface area contributed by atoms with Crippen LogP contribution in [0.5, 0.6) is 5.75 Å². The van der Waals surface area contributed by atoms with Crippen molar-refractivity contribution >= 4 is 15.7 Å². The van der Waals surface area contributed by atoms with Crippen LogP contribution in [0.4, 0.5) is 0 Å². The summed E-state index contributed by atoms with van der Waals surface area (Å²) in [5.74, 6) is 0.269. The van der Waals surface area contributed by atoms with E-state index in [0.29, 0.717) is 6.42 Å². The number of carbonyl (C=O) groups excluding carboxylic acids is 1. The van der Waals surface area contributed by atoms with E-state index < -0.39 is 15.8 Å². The molecule has 0 spiro atoms. The number of ether oxygens (including phenoxy) is 1. The molecule has 2 atom stereocenters. The highest BCUT2D eigenvalue weighted by molar-refractivity contribution is 7.91. The maximum atomic E-state index is 12.5. The third kappa shape index (κ3) is 3.37. The van der Waals surface area contributed by atoms with Gasteiger partial charge in [0.05, 0.1) is 30.6 Å². The van der Waals surface area contributed by atoms with Crippen molar-refractivity contribution in [3.05, 3.63) is 29.8 Å². The second kappa shape index (κ2) is 6.05. The molecule has 5 nitrogen and oxygen atoms in total. The van der Waals surface area contributed by atoms with E-state index in [2.05, 4.69) is 0 Å². The number of carbonyl (C=O) groups is 1. The summed E-state index contributed by atoms with van der Waals surface area (Å²) in [4.78, 5) is 14.1. The first-order valence-electron chi connectivity index (χ1n) is 6.95. The molecule has 116 valence electrons. The predicted molar refractivity (Wildman–Crippen MR) is 80.9 cm³/mol. The fraction of sp³-hybridized carbons (Fsp3) is 0.533. The van der Waals surface area contributed by atoms with Crippen LogP contribution in [-0.2, 0) is 14.6 Å². The fourth-order valence-electron chi connectivity index (χ4n) is 2.69. The van der Waals surface area contributed by atoms with Gasteiger partial charge in [-0.1, -0.05) is 18.2 Å². The van der Waals surface area contributed by atoms with Crippen molar-refractivity contribution < 1.29 is 17.9 Å². The van der Waals surface area contributed by atoms with Crippen LogP contribution in [0.2, 0.25) is 0 Å². The van der Waals surface area contributed by atoms with E-state index in [9.17, 15) is 13.2 Å². The Bertz CT molecular complexity index is 626. The Morgan fingerprint density at radius 2 is 2.05 bits per heavy atom. The van der Waals surface area contributed by atoms with Crippen LogP contribution in [0.25, 0.3) is 0 Å². The van der Waals surface area contributed by atoms with Gasteiger partial charge in [-0.15, -0.1) is 0 Å². The Morgan fingerprint density at radius 1 is 1.38 bits per heavy atom. The van der Waals surface area contributed by atoms with Gasteiger partial charge in [0.1, 0.15) is 5.75 Å². The van der Waals surface area contributed by atoms with Gasteiger partial charge in [-0.05, 0) is 19.4 Å². The molecule has 1 aliphatic rings. The Morgan fingerprint density at radius 3 is 2.62 bits per heavy atom. The number of hydrogen-bond acceptors (Lipinski definition) is 4. The highest BCUT2D eigenvalue weighted by atomic mass is 32.2. The van der Waals surface area contributed by atoms with E-state index >= 15 is 0 Å². The lowest BCUT2D eigenvalue weighted by molar-refractivity contribution is -0.135. The molecule has 1 amide bonds. The Hall–Kier alpha value is -1.56. The van der Waals surface area contributed by atoms with Gasteiger partial charge in [-0.2, -0.15) is 0 Å². The van der Waals surface area contributed by atoms with Crippen molar-refractivity contribution in [2.75, 3.05) is 25.7 Å². The number of benzene rings is 1. The topological polar surface area (TPSA) is 63.7 Å². The summed E-state index contributed by atoms with van der Waals surface area (Å²) in [6.45, 7) is 1.92. The quantitative estimate of drug-likeness (QED) is 0.848. The predicted octanol–water partition coefficient (Wildman–Crippen LogP) is 1.65. The molecule has 1 aliphatic heterocycles. The van der Waals surface area contributed by atoms with Crippen LogP contribution >= 0.6 is 0 Å². The summed E-state index contributed by atoms with van der Waals surface area (Å²) < 4.78 is 28.4. The van der Waals surface area contributed by atoms with Crippen LogP contribution in [0.15, 0.2) is 24.3 Å². The number of amides is 1. The van der Waals surface area contributed by atoms with Gasteiger partial charge >= 0.3 is 0 Å². The van der Waals surface area contributed by atoms with E-state index in [-0.39, 0.29) is 23.5 Å². The number of nitrogens with zero attached hydrogens (tertiary/aromatic N) is 1. The molecule has 1 aromatic carbocycles. The first-order chi connectivity index (χ1) is 9.85. The van der Waals surface area contributed by atoms with Crippen LogP contribution in [0.3, 0.4) is 0 Å². The number of sulfone groups is 1. The Labute approximate surface area is 125 Å². The SMILES string of the molecule is COc1ccccc1[C@H](C)N(C)C(=O)[C@@H]1CCS(=O)(=O)C1. The second-order valence-corrected chi connectivity index (χ2v) is 7.70. The zero-order chi connectivity index (χ0) is 15.6. The number of rotatable bonds is 4. The van der Waals surface area contributed by atoms with Crippen molar-refractivity contribution in [1.29, 1.82) is 0 Å². The highest BCUT2D eigenvalue weighted by Gasteiger charge is 2.36. The van der Waals surface area contributed by atoms with Gasteiger partial charge in [-0.3, -0.25) is 4.79 Å². The molecule has 21 heavy (non-hydrogen) atoms. The van der Waals surface area contributed by atoms with E-state index in [1.54, 1.807) is 19.1 Å². The number of methoxy groups -OCH3 is 1. The molecular formula is C15H21NO4S. The molecule has 1 heterocycles. The van der Waals surface area contributed by atoms with Crippen LogP contribution < -0.4 is 4.74 Å². The molecule has 0 radical (unpaired) electrons. The largest absolute Gasteiger partial charge is 0.496 e. The van der Waals surface area contributed by atoms with Crippen LogP contribution in [0, 0.1) is 5.92 Å². The molecule has 6 heteroatoms. The van der Waals surface area contributed by atoms with Crippen molar-refractivity contribution in [3.8, 4) is 5.75 Å². The summed E-state index contributed by atoms with van der Waals surface area (Å²) in [5, 5.41) is 0. The van der Waals surface area contributed by atoms with E-state index in [1.807, 2.05) is 31.2 Å². The molecule has 0 aromatic heterocycles. The lowest BCUT2D eigenvalue weighted by Crippen LogP contribution is -2.35. The molecule has 1 fully saturated rings. The minimum absolute atomic E-state index is 0.0329. The van der Waals surface area contributed by atoms with Crippen molar-refractivity contribution in [2.24, 2.45) is 5.92 Å². The molecule has 2 rings (SSSR count). The minimum Gasteiger partial charge on any atom is -0.496 e. The average Bonchev–Trinajstić information content (AvgIpc) is 2.85. The zero-order valence-electron chi connectivity index (χ0n) is 12.6. The van der Waals surface area contributed by atoms with Crippen molar-refractivity contribution in [1.82, 2.24) is 4.90 Å². The van der Waals surface area contributed by atoms with Gasteiger partial charge in [0.15, 0.2) is 9.84 Å². The van der Waals surface area contributed by atoms with Gasteiger partial charge in [0.2, 0.25) is 5.91 Å². The third-order valence-corrected chi connectivity index (χ3v) is 5.87. The molecule has 1 saturated heterocycles. The summed E-state index contributed by atoms with van der Waals surface area (Å²) in [5.41, 5.74) is 0.914. The molecule has 1 aromatic rings. The van der Waals surface area contributed by atoms with E-state index in [4.69, 9.17) is 4.74 Å². The van der Waals surface area contributed by atoms with Crippen molar-refractivity contribution in [3.63, 3.8) is 0 Å². The van der Waals surface area contributed by atoms with Gasteiger partial charge < -0.3 is 9.64 Å². The summed E-state index contributed by atoms with van der Waals surface area (Å²) in [7, 11) is 0.257. The molecule has 0 saturated carbocycles. The van der Waals surface area contributed by atoms with Gasteiger partial charge in [-0.25, -0.2) is 8.42 Å². The van der Waals surface area contributed by atoms with E-state index in [1.165, 1.54) is 0 Å². The van der Waals surface area contributed by atoms with Gasteiger partial charge in [0.25, 0.3) is 0 Å². The van der Waals surface area contributed by atoms with Crippen LogP contribution in [-0.4, -0.2) is 44.9 Å². The summed E-state index contributed by atoms with van der Waals surface area (Å²) in [6, 6.07) is 7.37. The lowest BCUT2D eigenvalue weighted by Gasteiger charge is -2.28. The smallest absolute Gasteiger partial charge is 0.226 e. The Balaban J connectivity index is 2.15. The zero-order valence-corrected chi connectivity index (χ0v) is 13.4. The Kier molecular flexibility index (Phi) is 4.56.